The van der Waals surface area contributed by atoms with Gasteiger partial charge >= 0.3 is 0 Å². The minimum atomic E-state index is -0.770. The number of rotatable bonds is 5. The number of carbonyl (C=O) groups excluding carboxylic acids is 1. The fourth-order valence-corrected chi connectivity index (χ4v) is 4.27. The van der Waals surface area contributed by atoms with Gasteiger partial charge in [-0.3, -0.25) is 14.7 Å². The summed E-state index contributed by atoms with van der Waals surface area (Å²) in [6, 6.07) is 12.9. The number of aromatic nitrogens is 5. The largest absolute Gasteiger partial charge is 0.282 e. The lowest BCUT2D eigenvalue weighted by molar-refractivity contribution is -0.119. The molecule has 10 heteroatoms. The SMILES string of the molecule is O=C(Cn1nnc2ccccc21)N(Cc1cccnc1)c1nc2c(F)cc(F)cc2s1. The van der Waals surface area contributed by atoms with Gasteiger partial charge in [-0.15, -0.1) is 5.10 Å². The highest BCUT2D eigenvalue weighted by atomic mass is 32.1. The molecule has 5 aromatic rings. The van der Waals surface area contributed by atoms with E-state index in [1.807, 2.05) is 30.3 Å². The summed E-state index contributed by atoms with van der Waals surface area (Å²) in [7, 11) is 0. The summed E-state index contributed by atoms with van der Waals surface area (Å²) in [5.74, 6) is -1.78. The van der Waals surface area contributed by atoms with Crippen molar-refractivity contribution in [1.82, 2.24) is 25.0 Å². The van der Waals surface area contributed by atoms with Gasteiger partial charge in [-0.1, -0.05) is 34.7 Å². The fourth-order valence-electron chi connectivity index (χ4n) is 3.25. The van der Waals surface area contributed by atoms with E-state index >= 15 is 0 Å². The van der Waals surface area contributed by atoms with Crippen LogP contribution in [0.25, 0.3) is 21.3 Å². The summed E-state index contributed by atoms with van der Waals surface area (Å²) in [4.78, 5) is 23.1. The van der Waals surface area contributed by atoms with Crippen molar-refractivity contribution in [3.05, 3.63) is 78.1 Å². The van der Waals surface area contributed by atoms with Crippen molar-refractivity contribution >= 4 is 43.6 Å². The minimum Gasteiger partial charge on any atom is -0.282 e. The van der Waals surface area contributed by atoms with E-state index in [0.29, 0.717) is 10.2 Å². The zero-order valence-corrected chi connectivity index (χ0v) is 16.8. The lowest BCUT2D eigenvalue weighted by Crippen LogP contribution is -2.33. The predicted octanol–water partition coefficient (Wildman–Crippen LogP) is 3.95. The van der Waals surface area contributed by atoms with Gasteiger partial charge in [0.25, 0.3) is 5.91 Å². The lowest BCUT2D eigenvalue weighted by atomic mass is 10.2. The molecule has 0 spiro atoms. The first kappa shape index (κ1) is 19.2. The Labute approximate surface area is 178 Å². The molecule has 0 aliphatic carbocycles. The van der Waals surface area contributed by atoms with Gasteiger partial charge in [0.05, 0.1) is 16.8 Å². The molecular weight excluding hydrogens is 422 g/mol. The van der Waals surface area contributed by atoms with Crippen molar-refractivity contribution in [2.75, 3.05) is 4.90 Å². The molecule has 0 aliphatic heterocycles. The van der Waals surface area contributed by atoms with E-state index in [-0.39, 0.29) is 29.6 Å². The molecule has 0 saturated carbocycles. The van der Waals surface area contributed by atoms with Gasteiger partial charge in [0, 0.05) is 18.5 Å². The van der Waals surface area contributed by atoms with Gasteiger partial charge in [0.1, 0.15) is 23.4 Å². The number of halogens is 2. The number of carbonyl (C=O) groups is 1. The van der Waals surface area contributed by atoms with E-state index < -0.39 is 11.6 Å². The Morgan fingerprint density at radius 2 is 2.00 bits per heavy atom. The van der Waals surface area contributed by atoms with Crippen LogP contribution in [0.3, 0.4) is 0 Å². The van der Waals surface area contributed by atoms with Crippen LogP contribution in [-0.4, -0.2) is 30.9 Å². The van der Waals surface area contributed by atoms with E-state index in [1.165, 1.54) is 15.6 Å². The van der Waals surface area contributed by atoms with E-state index in [4.69, 9.17) is 0 Å². The van der Waals surface area contributed by atoms with Gasteiger partial charge in [-0.05, 0) is 29.8 Å². The summed E-state index contributed by atoms with van der Waals surface area (Å²) >= 11 is 1.05. The van der Waals surface area contributed by atoms with Crippen LogP contribution in [0.5, 0.6) is 0 Å². The Morgan fingerprint density at radius 3 is 2.84 bits per heavy atom. The first-order valence-corrected chi connectivity index (χ1v) is 10.1. The van der Waals surface area contributed by atoms with Crippen LogP contribution in [0, 0.1) is 11.6 Å². The maximum Gasteiger partial charge on any atom is 0.250 e. The Hall–Kier alpha value is -3.79. The van der Waals surface area contributed by atoms with Gasteiger partial charge in [0.15, 0.2) is 10.9 Å². The maximum absolute atomic E-state index is 14.2. The molecule has 3 heterocycles. The zero-order chi connectivity index (χ0) is 21.4. The summed E-state index contributed by atoms with van der Waals surface area (Å²) < 4.78 is 29.7. The fraction of sp³-hybridized carbons (Fsp3) is 0.0952. The van der Waals surface area contributed by atoms with Crippen LogP contribution in [-0.2, 0) is 17.9 Å². The lowest BCUT2D eigenvalue weighted by Gasteiger charge is -2.20. The second kappa shape index (κ2) is 7.80. The third-order valence-corrected chi connectivity index (χ3v) is 5.73. The highest BCUT2D eigenvalue weighted by molar-refractivity contribution is 7.22. The van der Waals surface area contributed by atoms with E-state index in [0.717, 1.165) is 28.5 Å². The molecule has 0 atom stereocenters. The maximum atomic E-state index is 14.2. The third-order valence-electron chi connectivity index (χ3n) is 4.70. The number of nitrogens with zero attached hydrogens (tertiary/aromatic N) is 6. The number of pyridine rings is 1. The zero-order valence-electron chi connectivity index (χ0n) is 15.9. The van der Waals surface area contributed by atoms with Crippen LogP contribution in [0.15, 0.2) is 60.9 Å². The van der Waals surface area contributed by atoms with Crippen LogP contribution in [0.2, 0.25) is 0 Å². The molecule has 0 N–H and O–H groups in total. The molecule has 7 nitrogen and oxygen atoms in total. The second-order valence-corrected chi connectivity index (χ2v) is 7.82. The summed E-state index contributed by atoms with van der Waals surface area (Å²) in [5, 5.41) is 8.40. The Bertz CT molecular complexity index is 1400. The molecule has 0 saturated heterocycles. The van der Waals surface area contributed by atoms with Gasteiger partial charge in [0.2, 0.25) is 0 Å². The van der Waals surface area contributed by atoms with Crippen molar-refractivity contribution in [2.24, 2.45) is 0 Å². The molecule has 31 heavy (non-hydrogen) atoms. The van der Waals surface area contributed by atoms with Gasteiger partial charge in [-0.25, -0.2) is 18.4 Å². The molecular formula is C21H14F2N6OS. The number of para-hydroxylation sites is 1. The van der Waals surface area contributed by atoms with Crippen molar-refractivity contribution in [1.29, 1.82) is 0 Å². The van der Waals surface area contributed by atoms with Crippen molar-refractivity contribution < 1.29 is 13.6 Å². The molecule has 0 fully saturated rings. The first-order chi connectivity index (χ1) is 15.1. The Kier molecular flexibility index (Phi) is 4.83. The molecule has 5 rings (SSSR count). The van der Waals surface area contributed by atoms with Crippen molar-refractivity contribution in [2.45, 2.75) is 13.1 Å². The monoisotopic (exact) mass is 436 g/mol. The molecule has 2 aromatic carbocycles. The van der Waals surface area contributed by atoms with Gasteiger partial charge < -0.3 is 0 Å². The molecule has 0 radical (unpaired) electrons. The highest BCUT2D eigenvalue weighted by Gasteiger charge is 2.23. The Morgan fingerprint density at radius 1 is 1.13 bits per heavy atom. The third kappa shape index (κ3) is 3.73. The quantitative estimate of drug-likeness (QED) is 0.417. The molecule has 0 aliphatic rings. The molecule has 0 unspecified atom stereocenters. The smallest absolute Gasteiger partial charge is 0.250 e. The van der Waals surface area contributed by atoms with Gasteiger partial charge in [-0.2, -0.15) is 0 Å². The number of anilines is 1. The Balaban J connectivity index is 1.54. The summed E-state index contributed by atoms with van der Waals surface area (Å²) in [6.45, 7) is 0.0801. The predicted molar refractivity (Wildman–Crippen MR) is 112 cm³/mol. The van der Waals surface area contributed by atoms with Crippen LogP contribution < -0.4 is 4.90 Å². The van der Waals surface area contributed by atoms with E-state index in [9.17, 15) is 13.6 Å². The van der Waals surface area contributed by atoms with Crippen LogP contribution >= 0.6 is 11.3 Å². The molecule has 0 bridgehead atoms. The second-order valence-electron chi connectivity index (χ2n) is 6.81. The summed E-state index contributed by atoms with van der Waals surface area (Å²) in [5.41, 5.74) is 2.18. The normalized spacial score (nSPS) is 11.3. The van der Waals surface area contributed by atoms with Crippen molar-refractivity contribution in [3.63, 3.8) is 0 Å². The average Bonchev–Trinajstić information content (AvgIpc) is 3.37. The number of hydrogen-bond acceptors (Lipinski definition) is 6. The topological polar surface area (TPSA) is 76.8 Å². The molecule has 1 amide bonds. The van der Waals surface area contributed by atoms with E-state index in [2.05, 4.69) is 20.3 Å². The number of thiazole rings is 1. The number of hydrogen-bond donors (Lipinski definition) is 0. The highest BCUT2D eigenvalue weighted by Crippen LogP contribution is 2.32. The molecule has 3 aromatic heterocycles. The summed E-state index contributed by atoms with van der Waals surface area (Å²) in [6.07, 6.45) is 3.27. The van der Waals surface area contributed by atoms with Crippen LogP contribution in [0.4, 0.5) is 13.9 Å². The average molecular weight is 436 g/mol. The number of fused-ring (bicyclic) bond motifs is 2. The number of amides is 1. The van der Waals surface area contributed by atoms with E-state index in [1.54, 1.807) is 18.5 Å². The first-order valence-electron chi connectivity index (χ1n) is 9.31. The van der Waals surface area contributed by atoms with Crippen molar-refractivity contribution in [3.8, 4) is 0 Å². The number of benzene rings is 2. The minimum absolute atomic E-state index is 0.0246. The van der Waals surface area contributed by atoms with Crippen LogP contribution in [0.1, 0.15) is 5.56 Å². The molecule has 154 valence electrons. The standard InChI is InChI=1S/C21H14F2N6OS/c22-14-8-15(23)20-18(9-14)31-21(25-20)28(11-13-4-3-7-24-10-13)19(30)12-29-17-6-2-1-5-16(17)26-27-29/h1-10H,11-12H2.